The van der Waals surface area contributed by atoms with Gasteiger partial charge in [0.05, 0.1) is 18.2 Å². The quantitative estimate of drug-likeness (QED) is 0.775. The molecular weight excluding hydrogens is 287 g/mol. The standard InChI is InChI=1S/C13H18Cl2N2O2/c1-19-13-3-10(14)8(2-11(13)15)4-16-5-9-6-17-7-12(9)18/h2-3,9,12,16-18H,4-7H2,1H3. The Morgan fingerprint density at radius 1 is 1.37 bits per heavy atom. The highest BCUT2D eigenvalue weighted by Gasteiger charge is 2.24. The van der Waals surface area contributed by atoms with Crippen molar-refractivity contribution in [3.05, 3.63) is 27.7 Å². The number of rotatable bonds is 5. The number of aliphatic hydroxyl groups is 1. The van der Waals surface area contributed by atoms with Crippen LogP contribution < -0.4 is 15.4 Å². The summed E-state index contributed by atoms with van der Waals surface area (Å²) in [5.74, 6) is 0.818. The highest BCUT2D eigenvalue weighted by Crippen LogP contribution is 2.30. The molecule has 0 spiro atoms. The van der Waals surface area contributed by atoms with Crippen molar-refractivity contribution in [3.8, 4) is 5.75 Å². The molecule has 0 saturated carbocycles. The summed E-state index contributed by atoms with van der Waals surface area (Å²) in [6.07, 6.45) is -0.276. The average Bonchev–Trinajstić information content (AvgIpc) is 2.79. The van der Waals surface area contributed by atoms with E-state index >= 15 is 0 Å². The van der Waals surface area contributed by atoms with Crippen molar-refractivity contribution in [1.29, 1.82) is 0 Å². The third-order valence-electron chi connectivity index (χ3n) is 3.35. The lowest BCUT2D eigenvalue weighted by atomic mass is 10.1. The molecule has 0 bridgehead atoms. The summed E-state index contributed by atoms with van der Waals surface area (Å²) in [5.41, 5.74) is 0.924. The molecule has 1 heterocycles. The minimum absolute atomic E-state index is 0.243. The first kappa shape index (κ1) is 14.9. The molecule has 1 aromatic rings. The molecule has 2 atom stereocenters. The highest BCUT2D eigenvalue weighted by atomic mass is 35.5. The van der Waals surface area contributed by atoms with Crippen molar-refractivity contribution in [3.63, 3.8) is 0 Å². The minimum atomic E-state index is -0.276. The first-order chi connectivity index (χ1) is 9.11. The number of hydrogen-bond donors (Lipinski definition) is 3. The van der Waals surface area contributed by atoms with Crippen LogP contribution in [0, 0.1) is 5.92 Å². The molecule has 0 aliphatic carbocycles. The molecular formula is C13H18Cl2N2O2. The van der Waals surface area contributed by atoms with E-state index in [1.54, 1.807) is 19.2 Å². The molecule has 0 amide bonds. The summed E-state index contributed by atoms with van der Waals surface area (Å²) >= 11 is 12.2. The van der Waals surface area contributed by atoms with Gasteiger partial charge in [0, 0.05) is 43.2 Å². The van der Waals surface area contributed by atoms with Crippen LogP contribution in [0.1, 0.15) is 5.56 Å². The predicted octanol–water partition coefficient (Wildman–Crippen LogP) is 1.67. The van der Waals surface area contributed by atoms with Gasteiger partial charge in [-0.05, 0) is 11.6 Å². The van der Waals surface area contributed by atoms with Crippen molar-refractivity contribution < 1.29 is 9.84 Å². The number of benzene rings is 1. The van der Waals surface area contributed by atoms with Crippen molar-refractivity contribution in [1.82, 2.24) is 10.6 Å². The van der Waals surface area contributed by atoms with Crippen LogP contribution in [0.5, 0.6) is 5.75 Å². The number of nitrogens with one attached hydrogen (secondary N) is 2. The summed E-state index contributed by atoms with van der Waals surface area (Å²) in [5, 5.41) is 17.3. The van der Waals surface area contributed by atoms with E-state index in [-0.39, 0.29) is 12.0 Å². The number of aliphatic hydroxyl groups excluding tert-OH is 1. The molecule has 19 heavy (non-hydrogen) atoms. The van der Waals surface area contributed by atoms with Crippen LogP contribution in [0.3, 0.4) is 0 Å². The van der Waals surface area contributed by atoms with Crippen LogP contribution in [-0.4, -0.2) is 38.0 Å². The Bertz CT molecular complexity index is 443. The van der Waals surface area contributed by atoms with Gasteiger partial charge in [0.2, 0.25) is 0 Å². The van der Waals surface area contributed by atoms with Crippen LogP contribution in [0.2, 0.25) is 10.0 Å². The molecule has 2 unspecified atom stereocenters. The lowest BCUT2D eigenvalue weighted by molar-refractivity contribution is 0.146. The molecule has 1 aliphatic heterocycles. The Hall–Kier alpha value is -0.520. The van der Waals surface area contributed by atoms with Gasteiger partial charge >= 0.3 is 0 Å². The molecule has 6 heteroatoms. The van der Waals surface area contributed by atoms with Gasteiger partial charge in [0.15, 0.2) is 0 Å². The van der Waals surface area contributed by atoms with E-state index in [9.17, 15) is 5.11 Å². The topological polar surface area (TPSA) is 53.5 Å². The zero-order chi connectivity index (χ0) is 13.8. The summed E-state index contributed by atoms with van der Waals surface area (Å²) in [6, 6.07) is 3.52. The van der Waals surface area contributed by atoms with Crippen molar-refractivity contribution in [2.45, 2.75) is 12.6 Å². The molecule has 3 N–H and O–H groups in total. The van der Waals surface area contributed by atoms with Gasteiger partial charge in [-0.15, -0.1) is 0 Å². The maximum atomic E-state index is 9.69. The predicted molar refractivity (Wildman–Crippen MR) is 77.1 cm³/mol. The normalized spacial score (nSPS) is 22.7. The van der Waals surface area contributed by atoms with Gasteiger partial charge in [0.25, 0.3) is 0 Å². The monoisotopic (exact) mass is 304 g/mol. The van der Waals surface area contributed by atoms with Crippen LogP contribution in [0.4, 0.5) is 0 Å². The molecule has 0 radical (unpaired) electrons. The fourth-order valence-corrected chi connectivity index (χ4v) is 2.67. The fraction of sp³-hybridized carbons (Fsp3) is 0.538. The molecule has 1 fully saturated rings. The number of ether oxygens (including phenoxy) is 1. The highest BCUT2D eigenvalue weighted by molar-refractivity contribution is 6.34. The van der Waals surface area contributed by atoms with E-state index in [1.807, 2.05) is 0 Å². The first-order valence-corrected chi connectivity index (χ1v) is 6.99. The SMILES string of the molecule is COc1cc(Cl)c(CNCC2CNCC2O)cc1Cl. The van der Waals surface area contributed by atoms with Crippen LogP contribution >= 0.6 is 23.2 Å². The van der Waals surface area contributed by atoms with E-state index in [2.05, 4.69) is 10.6 Å². The Morgan fingerprint density at radius 2 is 2.16 bits per heavy atom. The molecule has 1 aliphatic rings. The van der Waals surface area contributed by atoms with Crippen molar-refractivity contribution >= 4 is 23.2 Å². The summed E-state index contributed by atoms with van der Waals surface area (Å²) in [7, 11) is 1.56. The Kier molecular flexibility index (Phi) is 5.30. The largest absolute Gasteiger partial charge is 0.495 e. The summed E-state index contributed by atoms with van der Waals surface area (Å²) in [6.45, 7) is 2.87. The van der Waals surface area contributed by atoms with E-state index in [0.29, 0.717) is 28.9 Å². The Balaban J connectivity index is 1.90. The summed E-state index contributed by atoms with van der Waals surface area (Å²) in [4.78, 5) is 0. The van der Waals surface area contributed by atoms with Crippen LogP contribution in [0.15, 0.2) is 12.1 Å². The van der Waals surface area contributed by atoms with Crippen LogP contribution in [-0.2, 0) is 6.54 Å². The molecule has 1 aromatic carbocycles. The number of methoxy groups -OCH3 is 1. The fourth-order valence-electron chi connectivity index (χ4n) is 2.18. The maximum Gasteiger partial charge on any atom is 0.138 e. The van der Waals surface area contributed by atoms with E-state index in [4.69, 9.17) is 27.9 Å². The zero-order valence-electron chi connectivity index (χ0n) is 10.7. The molecule has 106 valence electrons. The third-order valence-corrected chi connectivity index (χ3v) is 3.99. The van der Waals surface area contributed by atoms with Gasteiger partial charge < -0.3 is 20.5 Å². The second kappa shape index (κ2) is 6.77. The average molecular weight is 305 g/mol. The van der Waals surface area contributed by atoms with Crippen molar-refractivity contribution in [2.75, 3.05) is 26.7 Å². The molecule has 2 rings (SSSR count). The van der Waals surface area contributed by atoms with Crippen molar-refractivity contribution in [2.24, 2.45) is 5.92 Å². The Morgan fingerprint density at radius 3 is 2.79 bits per heavy atom. The first-order valence-electron chi connectivity index (χ1n) is 6.23. The van der Waals surface area contributed by atoms with Gasteiger partial charge in [-0.3, -0.25) is 0 Å². The van der Waals surface area contributed by atoms with Crippen LogP contribution in [0.25, 0.3) is 0 Å². The molecule has 1 saturated heterocycles. The summed E-state index contributed by atoms with van der Waals surface area (Å²) < 4.78 is 5.10. The number of β-amino-alcohol motifs (C(OH)–C–C–N with tert-alkyl or cyclic N) is 1. The lowest BCUT2D eigenvalue weighted by Crippen LogP contribution is -2.30. The smallest absolute Gasteiger partial charge is 0.138 e. The zero-order valence-corrected chi connectivity index (χ0v) is 12.3. The number of halogens is 2. The van der Waals surface area contributed by atoms with Gasteiger partial charge in [0.1, 0.15) is 5.75 Å². The van der Waals surface area contributed by atoms with Gasteiger partial charge in [-0.1, -0.05) is 23.2 Å². The Labute approximate surface area is 123 Å². The van der Waals surface area contributed by atoms with Gasteiger partial charge in [-0.25, -0.2) is 0 Å². The second-order valence-corrected chi connectivity index (χ2v) is 5.51. The van der Waals surface area contributed by atoms with Gasteiger partial charge in [-0.2, -0.15) is 0 Å². The lowest BCUT2D eigenvalue weighted by Gasteiger charge is -2.15. The number of hydrogen-bond acceptors (Lipinski definition) is 4. The van der Waals surface area contributed by atoms with E-state index in [1.165, 1.54) is 0 Å². The molecule has 4 nitrogen and oxygen atoms in total. The third kappa shape index (κ3) is 3.74. The maximum absolute atomic E-state index is 9.69. The second-order valence-electron chi connectivity index (χ2n) is 4.69. The van der Waals surface area contributed by atoms with E-state index < -0.39 is 0 Å². The minimum Gasteiger partial charge on any atom is -0.495 e. The van der Waals surface area contributed by atoms with E-state index in [0.717, 1.165) is 18.7 Å². The molecule has 0 aromatic heterocycles.